The standard InChI is InChI=1S/C21H22F2N2O2/c1-14(7-8-15-5-3-2-4-6-15)24-20(26)17-12-25(13-17)21(27)16-9-10-18(22)19(23)11-16/h2-6,9-11,14,17H,7-8,12-13H2,1H3,(H,24,26). The number of aryl methyl sites for hydroxylation is 1. The maximum atomic E-state index is 13.3. The average molecular weight is 372 g/mol. The molecule has 0 aromatic heterocycles. The van der Waals surface area contributed by atoms with E-state index in [4.69, 9.17) is 0 Å². The fraction of sp³-hybridized carbons (Fsp3) is 0.333. The molecule has 1 aliphatic heterocycles. The van der Waals surface area contributed by atoms with E-state index in [1.165, 1.54) is 16.5 Å². The average Bonchev–Trinajstić information content (AvgIpc) is 2.61. The molecule has 0 radical (unpaired) electrons. The van der Waals surface area contributed by atoms with Crippen LogP contribution in [0, 0.1) is 17.6 Å². The maximum absolute atomic E-state index is 13.3. The number of likely N-dealkylation sites (tertiary alicyclic amines) is 1. The summed E-state index contributed by atoms with van der Waals surface area (Å²) in [7, 11) is 0. The third-order valence-electron chi connectivity index (χ3n) is 4.80. The number of halogens is 2. The van der Waals surface area contributed by atoms with E-state index in [9.17, 15) is 18.4 Å². The van der Waals surface area contributed by atoms with Gasteiger partial charge in [-0.2, -0.15) is 0 Å². The van der Waals surface area contributed by atoms with Crippen LogP contribution in [0.3, 0.4) is 0 Å². The highest BCUT2D eigenvalue weighted by Gasteiger charge is 2.36. The molecule has 1 aliphatic rings. The minimum Gasteiger partial charge on any atom is -0.353 e. The summed E-state index contributed by atoms with van der Waals surface area (Å²) in [6.07, 6.45) is 1.72. The molecule has 2 amide bonds. The molecule has 6 heteroatoms. The quantitative estimate of drug-likeness (QED) is 0.847. The number of nitrogens with one attached hydrogen (secondary N) is 1. The molecule has 142 valence electrons. The Morgan fingerprint density at radius 2 is 1.81 bits per heavy atom. The summed E-state index contributed by atoms with van der Waals surface area (Å²) in [6.45, 7) is 2.54. The molecule has 1 atom stereocenters. The van der Waals surface area contributed by atoms with Gasteiger partial charge in [0.25, 0.3) is 5.91 Å². The highest BCUT2D eigenvalue weighted by Crippen LogP contribution is 2.20. The lowest BCUT2D eigenvalue weighted by molar-refractivity contribution is -0.129. The van der Waals surface area contributed by atoms with Crippen LogP contribution in [-0.4, -0.2) is 35.8 Å². The minimum atomic E-state index is -1.05. The van der Waals surface area contributed by atoms with Gasteiger partial charge < -0.3 is 10.2 Å². The molecule has 0 bridgehead atoms. The number of carbonyl (C=O) groups excluding carboxylic acids is 2. The van der Waals surface area contributed by atoms with Gasteiger partial charge in [-0.15, -0.1) is 0 Å². The van der Waals surface area contributed by atoms with Crippen molar-refractivity contribution in [3.8, 4) is 0 Å². The molecule has 2 aromatic carbocycles. The van der Waals surface area contributed by atoms with Gasteiger partial charge in [0.05, 0.1) is 5.92 Å². The SMILES string of the molecule is CC(CCc1ccccc1)NC(=O)C1CN(C(=O)c2ccc(F)c(F)c2)C1. The first kappa shape index (κ1) is 19.0. The molecule has 3 rings (SSSR count). The molecule has 27 heavy (non-hydrogen) atoms. The second kappa shape index (κ2) is 8.29. The molecular formula is C21H22F2N2O2. The van der Waals surface area contributed by atoms with Crippen molar-refractivity contribution < 1.29 is 18.4 Å². The predicted octanol–water partition coefficient (Wildman–Crippen LogP) is 3.17. The Hall–Kier alpha value is -2.76. The van der Waals surface area contributed by atoms with Gasteiger partial charge in [0.1, 0.15) is 0 Å². The molecule has 1 fully saturated rings. The van der Waals surface area contributed by atoms with E-state index in [0.29, 0.717) is 0 Å². The third-order valence-corrected chi connectivity index (χ3v) is 4.80. The van der Waals surface area contributed by atoms with E-state index >= 15 is 0 Å². The van der Waals surface area contributed by atoms with Crippen LogP contribution in [0.25, 0.3) is 0 Å². The van der Waals surface area contributed by atoms with Gasteiger partial charge >= 0.3 is 0 Å². The van der Waals surface area contributed by atoms with Gasteiger partial charge in [0.2, 0.25) is 5.91 Å². The van der Waals surface area contributed by atoms with Crippen LogP contribution >= 0.6 is 0 Å². The fourth-order valence-corrected chi connectivity index (χ4v) is 3.08. The second-order valence-electron chi connectivity index (χ2n) is 6.97. The molecule has 0 aliphatic carbocycles. The Labute approximate surface area is 157 Å². The zero-order valence-electron chi connectivity index (χ0n) is 15.1. The highest BCUT2D eigenvalue weighted by atomic mass is 19.2. The summed E-state index contributed by atoms with van der Waals surface area (Å²) in [6, 6.07) is 13.2. The Kier molecular flexibility index (Phi) is 5.84. The van der Waals surface area contributed by atoms with Crippen LogP contribution in [0.2, 0.25) is 0 Å². The van der Waals surface area contributed by atoms with Crippen molar-refractivity contribution in [3.05, 3.63) is 71.3 Å². The zero-order chi connectivity index (χ0) is 19.4. The van der Waals surface area contributed by atoms with Gasteiger partial charge in [0, 0.05) is 24.7 Å². The lowest BCUT2D eigenvalue weighted by Gasteiger charge is -2.38. The van der Waals surface area contributed by atoms with Crippen LogP contribution in [0.1, 0.15) is 29.3 Å². The Bertz CT molecular complexity index is 820. The number of nitrogens with zero attached hydrogens (tertiary/aromatic N) is 1. The summed E-state index contributed by atoms with van der Waals surface area (Å²) in [5.74, 6) is -2.78. The Balaban J connectivity index is 1.43. The zero-order valence-corrected chi connectivity index (χ0v) is 15.1. The first-order valence-electron chi connectivity index (χ1n) is 9.02. The summed E-state index contributed by atoms with van der Waals surface area (Å²) >= 11 is 0. The molecule has 0 saturated carbocycles. The van der Waals surface area contributed by atoms with Crippen molar-refractivity contribution >= 4 is 11.8 Å². The summed E-state index contributed by atoms with van der Waals surface area (Å²) in [4.78, 5) is 26.0. The van der Waals surface area contributed by atoms with E-state index in [-0.39, 0.29) is 36.5 Å². The number of hydrogen-bond acceptors (Lipinski definition) is 2. The van der Waals surface area contributed by atoms with Gasteiger partial charge in [-0.1, -0.05) is 30.3 Å². The van der Waals surface area contributed by atoms with Crippen molar-refractivity contribution in [2.75, 3.05) is 13.1 Å². The lowest BCUT2D eigenvalue weighted by atomic mass is 9.97. The maximum Gasteiger partial charge on any atom is 0.254 e. The highest BCUT2D eigenvalue weighted by molar-refractivity contribution is 5.96. The van der Waals surface area contributed by atoms with Gasteiger partial charge in [-0.05, 0) is 43.5 Å². The van der Waals surface area contributed by atoms with Crippen LogP contribution in [0.4, 0.5) is 8.78 Å². The normalized spacial score (nSPS) is 15.1. The summed E-state index contributed by atoms with van der Waals surface area (Å²) < 4.78 is 26.2. The van der Waals surface area contributed by atoms with E-state index < -0.39 is 17.5 Å². The van der Waals surface area contributed by atoms with Crippen molar-refractivity contribution in [3.63, 3.8) is 0 Å². The van der Waals surface area contributed by atoms with E-state index in [2.05, 4.69) is 17.4 Å². The van der Waals surface area contributed by atoms with Crippen LogP contribution in [0.5, 0.6) is 0 Å². The number of amides is 2. The minimum absolute atomic E-state index is 0.0358. The Morgan fingerprint density at radius 3 is 2.48 bits per heavy atom. The molecule has 0 spiro atoms. The van der Waals surface area contributed by atoms with Crippen molar-refractivity contribution in [2.24, 2.45) is 5.92 Å². The van der Waals surface area contributed by atoms with Crippen LogP contribution in [0.15, 0.2) is 48.5 Å². The second-order valence-corrected chi connectivity index (χ2v) is 6.97. The molecule has 1 heterocycles. The smallest absolute Gasteiger partial charge is 0.254 e. The first-order chi connectivity index (χ1) is 12.9. The number of rotatable bonds is 6. The molecule has 1 unspecified atom stereocenters. The number of benzene rings is 2. The van der Waals surface area contributed by atoms with Gasteiger partial charge in [0.15, 0.2) is 11.6 Å². The number of hydrogen-bond donors (Lipinski definition) is 1. The monoisotopic (exact) mass is 372 g/mol. The van der Waals surface area contributed by atoms with Crippen LogP contribution in [-0.2, 0) is 11.2 Å². The molecule has 4 nitrogen and oxygen atoms in total. The molecule has 2 aromatic rings. The molecule has 1 N–H and O–H groups in total. The van der Waals surface area contributed by atoms with Crippen molar-refractivity contribution in [1.82, 2.24) is 10.2 Å². The Morgan fingerprint density at radius 1 is 1.11 bits per heavy atom. The summed E-state index contributed by atoms with van der Waals surface area (Å²) in [5, 5.41) is 2.98. The van der Waals surface area contributed by atoms with Gasteiger partial charge in [-0.3, -0.25) is 9.59 Å². The fourth-order valence-electron chi connectivity index (χ4n) is 3.08. The lowest BCUT2D eigenvalue weighted by Crippen LogP contribution is -2.56. The molecular weight excluding hydrogens is 350 g/mol. The van der Waals surface area contributed by atoms with Crippen molar-refractivity contribution in [1.29, 1.82) is 0 Å². The number of carbonyl (C=O) groups is 2. The molecule has 1 saturated heterocycles. The van der Waals surface area contributed by atoms with Gasteiger partial charge in [-0.25, -0.2) is 8.78 Å². The predicted molar refractivity (Wildman–Crippen MR) is 98.1 cm³/mol. The van der Waals surface area contributed by atoms with E-state index in [1.807, 2.05) is 25.1 Å². The van der Waals surface area contributed by atoms with Crippen molar-refractivity contribution in [2.45, 2.75) is 25.8 Å². The third kappa shape index (κ3) is 4.70. The van der Waals surface area contributed by atoms with E-state index in [0.717, 1.165) is 25.0 Å². The largest absolute Gasteiger partial charge is 0.353 e. The summed E-state index contributed by atoms with van der Waals surface area (Å²) in [5.41, 5.74) is 1.31. The first-order valence-corrected chi connectivity index (χ1v) is 9.02. The van der Waals surface area contributed by atoms with E-state index in [1.54, 1.807) is 0 Å². The topological polar surface area (TPSA) is 49.4 Å². The van der Waals surface area contributed by atoms with Crippen LogP contribution < -0.4 is 5.32 Å².